The molecular formula is C19H36O4. The Morgan fingerprint density at radius 2 is 1.22 bits per heavy atom. The summed E-state index contributed by atoms with van der Waals surface area (Å²) in [6.07, 6.45) is 11.0. The molecule has 1 heterocycles. The number of hydrogen-bond acceptors (Lipinski definition) is 4. The van der Waals surface area contributed by atoms with Crippen LogP contribution in [0.25, 0.3) is 0 Å². The molecule has 2 N–H and O–H groups in total. The largest absolute Gasteiger partial charge is 0.390 e. The second-order valence-electron chi connectivity index (χ2n) is 7.58. The summed E-state index contributed by atoms with van der Waals surface area (Å²) in [4.78, 5) is 0. The lowest BCUT2D eigenvalue weighted by Gasteiger charge is -2.34. The van der Waals surface area contributed by atoms with Crippen LogP contribution in [-0.2, 0) is 9.47 Å². The predicted molar refractivity (Wildman–Crippen MR) is 91.4 cm³/mol. The van der Waals surface area contributed by atoms with Gasteiger partial charge in [-0.25, -0.2) is 0 Å². The fraction of sp³-hybridized carbons (Fsp3) is 1.00. The van der Waals surface area contributed by atoms with E-state index in [0.717, 1.165) is 25.7 Å². The lowest BCUT2D eigenvalue weighted by Crippen LogP contribution is -2.40. The van der Waals surface area contributed by atoms with Crippen LogP contribution in [-0.4, -0.2) is 47.8 Å². The first-order valence-corrected chi connectivity index (χ1v) is 9.76. The number of rotatable bonds is 0. The molecule has 23 heavy (non-hydrogen) atoms. The molecule has 1 saturated carbocycles. The van der Waals surface area contributed by atoms with Gasteiger partial charge in [-0.2, -0.15) is 0 Å². The van der Waals surface area contributed by atoms with Crippen molar-refractivity contribution in [3.05, 3.63) is 0 Å². The van der Waals surface area contributed by atoms with Crippen LogP contribution in [0.3, 0.4) is 0 Å². The van der Waals surface area contributed by atoms with Gasteiger partial charge in [0, 0.05) is 0 Å². The molecule has 0 aromatic carbocycles. The van der Waals surface area contributed by atoms with E-state index in [9.17, 15) is 10.2 Å². The SMILES string of the molecule is CC1CC(O)C(O)CCCCCCCCCC2OCCOC2C1. The number of fused-ring (bicyclic) bond motifs is 1. The van der Waals surface area contributed by atoms with Gasteiger partial charge in [0.25, 0.3) is 0 Å². The molecule has 136 valence electrons. The maximum atomic E-state index is 10.2. The third-order valence-electron chi connectivity index (χ3n) is 5.37. The molecule has 5 atom stereocenters. The molecule has 2 fully saturated rings. The third-order valence-corrected chi connectivity index (χ3v) is 5.37. The number of ether oxygens (including phenoxy) is 2. The van der Waals surface area contributed by atoms with Crippen LogP contribution in [0.5, 0.6) is 0 Å². The first-order valence-electron chi connectivity index (χ1n) is 9.76. The lowest BCUT2D eigenvalue weighted by molar-refractivity contribution is -0.149. The summed E-state index contributed by atoms with van der Waals surface area (Å²) in [6.45, 7) is 3.53. The van der Waals surface area contributed by atoms with Crippen LogP contribution >= 0.6 is 0 Å². The van der Waals surface area contributed by atoms with E-state index < -0.39 is 12.2 Å². The lowest BCUT2D eigenvalue weighted by atomic mass is 9.89. The minimum atomic E-state index is -0.610. The highest BCUT2D eigenvalue weighted by molar-refractivity contribution is 4.79. The Morgan fingerprint density at radius 3 is 1.91 bits per heavy atom. The molecule has 2 rings (SSSR count). The van der Waals surface area contributed by atoms with Gasteiger partial charge in [-0.3, -0.25) is 0 Å². The molecule has 0 radical (unpaired) electrons. The molecule has 1 aliphatic heterocycles. The van der Waals surface area contributed by atoms with Crippen molar-refractivity contribution in [2.24, 2.45) is 5.92 Å². The van der Waals surface area contributed by atoms with E-state index >= 15 is 0 Å². The van der Waals surface area contributed by atoms with Gasteiger partial charge in [0.1, 0.15) is 0 Å². The van der Waals surface area contributed by atoms with Gasteiger partial charge in [-0.05, 0) is 31.6 Å². The van der Waals surface area contributed by atoms with Crippen molar-refractivity contribution in [2.45, 2.75) is 102 Å². The molecule has 1 saturated heterocycles. The Morgan fingerprint density at radius 1 is 0.652 bits per heavy atom. The Bertz CT molecular complexity index is 310. The Kier molecular flexibility index (Phi) is 8.88. The van der Waals surface area contributed by atoms with Gasteiger partial charge < -0.3 is 19.7 Å². The molecule has 0 spiro atoms. The molecule has 2 aliphatic rings. The summed E-state index contributed by atoms with van der Waals surface area (Å²) in [5.74, 6) is 0.335. The van der Waals surface area contributed by atoms with Crippen molar-refractivity contribution >= 4 is 0 Å². The topological polar surface area (TPSA) is 58.9 Å². The van der Waals surface area contributed by atoms with Crippen LogP contribution < -0.4 is 0 Å². The van der Waals surface area contributed by atoms with E-state index in [1.807, 2.05) is 0 Å². The van der Waals surface area contributed by atoms with Crippen molar-refractivity contribution < 1.29 is 19.7 Å². The Labute approximate surface area is 141 Å². The fourth-order valence-corrected chi connectivity index (χ4v) is 3.94. The summed E-state index contributed by atoms with van der Waals surface area (Å²) in [5, 5.41) is 20.4. The van der Waals surface area contributed by atoms with Crippen molar-refractivity contribution in [3.8, 4) is 0 Å². The van der Waals surface area contributed by atoms with E-state index in [-0.39, 0.29) is 12.2 Å². The van der Waals surface area contributed by atoms with Crippen LogP contribution in [0.1, 0.15) is 77.6 Å². The summed E-state index contributed by atoms with van der Waals surface area (Å²) >= 11 is 0. The number of aliphatic hydroxyl groups excluding tert-OH is 2. The van der Waals surface area contributed by atoms with Gasteiger partial charge in [0.05, 0.1) is 37.6 Å². The van der Waals surface area contributed by atoms with Crippen LogP contribution in [0.4, 0.5) is 0 Å². The first kappa shape index (κ1) is 19.2. The normalized spacial score (nSPS) is 39.5. The summed E-state index contributed by atoms with van der Waals surface area (Å²) in [7, 11) is 0. The highest BCUT2D eigenvalue weighted by atomic mass is 16.6. The fourth-order valence-electron chi connectivity index (χ4n) is 3.94. The second kappa shape index (κ2) is 10.7. The summed E-state index contributed by atoms with van der Waals surface area (Å²) < 4.78 is 11.9. The molecule has 1 aliphatic carbocycles. The van der Waals surface area contributed by atoms with Crippen molar-refractivity contribution in [1.82, 2.24) is 0 Å². The highest BCUT2D eigenvalue weighted by Crippen LogP contribution is 2.26. The molecule has 0 bridgehead atoms. The van der Waals surface area contributed by atoms with Crippen molar-refractivity contribution in [1.29, 1.82) is 0 Å². The van der Waals surface area contributed by atoms with E-state index in [1.165, 1.54) is 38.5 Å². The quantitative estimate of drug-likeness (QED) is 0.715. The van der Waals surface area contributed by atoms with E-state index in [4.69, 9.17) is 9.47 Å². The van der Waals surface area contributed by atoms with Gasteiger partial charge >= 0.3 is 0 Å². The minimum Gasteiger partial charge on any atom is -0.390 e. The van der Waals surface area contributed by atoms with Gasteiger partial charge in [-0.1, -0.05) is 51.9 Å². The Hall–Kier alpha value is -0.160. The molecule has 0 amide bonds. The molecular weight excluding hydrogens is 292 g/mol. The van der Waals surface area contributed by atoms with Crippen LogP contribution in [0.15, 0.2) is 0 Å². The zero-order chi connectivity index (χ0) is 16.5. The molecule has 4 nitrogen and oxygen atoms in total. The Balaban J connectivity index is 1.89. The highest BCUT2D eigenvalue weighted by Gasteiger charge is 2.29. The summed E-state index contributed by atoms with van der Waals surface area (Å²) in [5.41, 5.74) is 0. The number of hydrogen-bond donors (Lipinski definition) is 2. The van der Waals surface area contributed by atoms with E-state index in [1.54, 1.807) is 0 Å². The minimum absolute atomic E-state index is 0.149. The first-order chi connectivity index (χ1) is 11.2. The second-order valence-corrected chi connectivity index (χ2v) is 7.58. The van der Waals surface area contributed by atoms with Crippen LogP contribution in [0, 0.1) is 5.92 Å². The van der Waals surface area contributed by atoms with E-state index in [2.05, 4.69) is 6.92 Å². The number of aliphatic hydroxyl groups is 2. The molecule has 0 aromatic rings. The average molecular weight is 328 g/mol. The third kappa shape index (κ3) is 7.08. The van der Waals surface area contributed by atoms with Gasteiger partial charge in [0.15, 0.2) is 0 Å². The maximum Gasteiger partial charge on any atom is 0.0840 e. The molecule has 5 unspecified atom stereocenters. The zero-order valence-electron chi connectivity index (χ0n) is 14.8. The zero-order valence-corrected chi connectivity index (χ0v) is 14.8. The molecule has 0 aromatic heterocycles. The van der Waals surface area contributed by atoms with Crippen LogP contribution in [0.2, 0.25) is 0 Å². The average Bonchev–Trinajstić information content (AvgIpc) is 2.53. The van der Waals surface area contributed by atoms with Crippen molar-refractivity contribution in [2.75, 3.05) is 13.2 Å². The van der Waals surface area contributed by atoms with E-state index in [0.29, 0.717) is 25.6 Å². The molecule has 4 heteroatoms. The van der Waals surface area contributed by atoms with Gasteiger partial charge in [-0.15, -0.1) is 0 Å². The van der Waals surface area contributed by atoms with Gasteiger partial charge in [0.2, 0.25) is 0 Å². The standard InChI is InChI=1S/C19H36O4/c1-15-13-17(21)16(20)9-7-5-3-2-4-6-8-10-18-19(14-15)23-12-11-22-18/h15-21H,2-14H2,1H3. The smallest absolute Gasteiger partial charge is 0.0840 e. The summed E-state index contributed by atoms with van der Waals surface area (Å²) in [6, 6.07) is 0. The van der Waals surface area contributed by atoms with Crippen molar-refractivity contribution in [3.63, 3.8) is 0 Å². The monoisotopic (exact) mass is 328 g/mol. The maximum absolute atomic E-state index is 10.2. The predicted octanol–water partition coefficient (Wildman–Crippen LogP) is 3.43.